The Morgan fingerprint density at radius 1 is 1.20 bits per heavy atom. The fraction of sp³-hybridized carbons (Fsp3) is 0.889. The highest BCUT2D eigenvalue weighted by Gasteiger charge is 2.42. The van der Waals surface area contributed by atoms with Crippen LogP contribution in [0, 0.1) is 0 Å². The predicted octanol–water partition coefficient (Wildman–Crippen LogP) is 1.87. The molecule has 1 saturated carbocycles. The van der Waals surface area contributed by atoms with Crippen molar-refractivity contribution in [2.45, 2.75) is 81.2 Å². The van der Waals surface area contributed by atoms with Crippen LogP contribution in [0.4, 0.5) is 4.79 Å². The van der Waals surface area contributed by atoms with Gasteiger partial charge in [-0.15, -0.1) is 0 Å². The summed E-state index contributed by atoms with van der Waals surface area (Å²) in [6, 6.07) is 0.818. The molecule has 0 unspecified atom stereocenters. The molecule has 0 aromatic carbocycles. The van der Waals surface area contributed by atoms with Crippen LogP contribution in [-0.2, 0) is 4.79 Å². The topological polar surface area (TPSA) is 81.7 Å². The normalized spacial score (nSPS) is 29.2. The number of nitrogens with one attached hydrogen (secondary N) is 2. The van der Waals surface area contributed by atoms with Crippen molar-refractivity contribution in [3.8, 4) is 0 Å². The number of nitrogens with zero attached hydrogens (tertiary/aromatic N) is 1. The minimum absolute atomic E-state index is 0.0393. The lowest BCUT2D eigenvalue weighted by Crippen LogP contribution is -2.43. The molecule has 25 heavy (non-hydrogen) atoms. The fourth-order valence-corrected chi connectivity index (χ4v) is 5.96. The van der Waals surface area contributed by atoms with E-state index in [0.29, 0.717) is 24.3 Å². The van der Waals surface area contributed by atoms with Gasteiger partial charge in [0.1, 0.15) is 0 Å². The third-order valence-electron chi connectivity index (χ3n) is 5.74. The summed E-state index contributed by atoms with van der Waals surface area (Å²) in [7, 11) is 0. The standard InChI is InChI=1S/C18H31N3O3S/c22-11-10-21(13-6-2-1-3-7-13)16(23)9-5-4-8-15-17-14(12-25-15)19-18(24)20-17/h13-15,17,22H,1-12H2,(H2,19,20,24)/t14-,15-,17-/m0/s1. The smallest absolute Gasteiger partial charge is 0.315 e. The molecule has 3 fully saturated rings. The highest BCUT2D eigenvalue weighted by molar-refractivity contribution is 8.00. The van der Waals surface area contributed by atoms with E-state index in [1.165, 1.54) is 19.3 Å². The maximum absolute atomic E-state index is 12.6. The third kappa shape index (κ3) is 4.82. The monoisotopic (exact) mass is 369 g/mol. The average molecular weight is 370 g/mol. The summed E-state index contributed by atoms with van der Waals surface area (Å²) < 4.78 is 0. The number of carbonyl (C=O) groups excluding carboxylic acids is 2. The van der Waals surface area contributed by atoms with E-state index in [2.05, 4.69) is 10.6 Å². The number of hydrogen-bond acceptors (Lipinski definition) is 4. The summed E-state index contributed by atoms with van der Waals surface area (Å²) in [6.45, 7) is 0.528. The van der Waals surface area contributed by atoms with Crippen LogP contribution in [0.5, 0.6) is 0 Å². The lowest BCUT2D eigenvalue weighted by Gasteiger charge is -2.34. The number of thioether (sulfide) groups is 1. The van der Waals surface area contributed by atoms with E-state index < -0.39 is 0 Å². The van der Waals surface area contributed by atoms with Crippen LogP contribution in [0.3, 0.4) is 0 Å². The Kier molecular flexibility index (Phi) is 6.87. The van der Waals surface area contributed by atoms with Gasteiger partial charge in [-0.1, -0.05) is 25.7 Å². The number of amides is 3. The Balaban J connectivity index is 1.38. The summed E-state index contributed by atoms with van der Waals surface area (Å²) in [5.74, 6) is 1.19. The van der Waals surface area contributed by atoms with E-state index in [9.17, 15) is 14.7 Å². The van der Waals surface area contributed by atoms with Gasteiger partial charge >= 0.3 is 6.03 Å². The molecule has 3 atom stereocenters. The molecular formula is C18H31N3O3S. The van der Waals surface area contributed by atoms with E-state index in [0.717, 1.165) is 37.9 Å². The first-order chi connectivity index (χ1) is 12.2. The lowest BCUT2D eigenvalue weighted by atomic mass is 9.93. The molecule has 3 N–H and O–H groups in total. The highest BCUT2D eigenvalue weighted by Crippen LogP contribution is 2.33. The minimum atomic E-state index is -0.0393. The van der Waals surface area contributed by atoms with Gasteiger partial charge < -0.3 is 20.6 Å². The summed E-state index contributed by atoms with van der Waals surface area (Å²) >= 11 is 1.93. The van der Waals surface area contributed by atoms with Gasteiger partial charge in [-0.25, -0.2) is 4.79 Å². The Morgan fingerprint density at radius 2 is 2.00 bits per heavy atom. The van der Waals surface area contributed by atoms with Gasteiger partial charge in [0.15, 0.2) is 0 Å². The zero-order chi connectivity index (χ0) is 17.6. The van der Waals surface area contributed by atoms with Gasteiger partial charge in [-0.05, 0) is 25.7 Å². The van der Waals surface area contributed by atoms with Crippen molar-refractivity contribution in [2.75, 3.05) is 18.9 Å². The summed E-state index contributed by atoms with van der Waals surface area (Å²) in [6.07, 6.45) is 9.35. The maximum atomic E-state index is 12.6. The van der Waals surface area contributed by atoms with Gasteiger partial charge in [0, 0.05) is 30.0 Å². The number of hydrogen-bond donors (Lipinski definition) is 3. The zero-order valence-corrected chi connectivity index (χ0v) is 15.7. The van der Waals surface area contributed by atoms with Crippen LogP contribution in [0.2, 0.25) is 0 Å². The number of unbranched alkanes of at least 4 members (excludes halogenated alkanes) is 1. The fourth-order valence-electron chi connectivity index (χ4n) is 4.42. The van der Waals surface area contributed by atoms with Crippen molar-refractivity contribution in [2.24, 2.45) is 0 Å². The SMILES string of the molecule is O=C1N[C@H]2[C@H](CS[C@H]2CCCCC(=O)N(CCO)C2CCCCC2)N1. The molecule has 2 heterocycles. The Labute approximate surface area is 154 Å². The molecule has 1 aliphatic carbocycles. The molecule has 0 spiro atoms. The molecule has 3 rings (SSSR count). The molecule has 2 saturated heterocycles. The first-order valence-electron chi connectivity index (χ1n) is 9.78. The van der Waals surface area contributed by atoms with Gasteiger partial charge in [0.2, 0.25) is 5.91 Å². The number of aliphatic hydroxyl groups is 1. The molecule has 0 radical (unpaired) electrons. The Morgan fingerprint density at radius 3 is 2.76 bits per heavy atom. The molecule has 142 valence electrons. The Bertz CT molecular complexity index is 470. The summed E-state index contributed by atoms with van der Waals surface area (Å²) in [5.41, 5.74) is 0. The van der Waals surface area contributed by atoms with Crippen molar-refractivity contribution in [1.82, 2.24) is 15.5 Å². The lowest BCUT2D eigenvalue weighted by molar-refractivity contribution is -0.135. The second kappa shape index (κ2) is 9.12. The molecule has 7 heteroatoms. The van der Waals surface area contributed by atoms with Crippen molar-refractivity contribution in [3.63, 3.8) is 0 Å². The quantitative estimate of drug-likeness (QED) is 0.451. The number of carbonyl (C=O) groups is 2. The Hall–Kier alpha value is -0.950. The van der Waals surface area contributed by atoms with E-state index in [1.807, 2.05) is 16.7 Å². The highest BCUT2D eigenvalue weighted by atomic mass is 32.2. The summed E-state index contributed by atoms with van der Waals surface area (Å²) in [4.78, 5) is 25.9. The second-order valence-corrected chi connectivity index (χ2v) is 8.74. The van der Waals surface area contributed by atoms with Crippen molar-refractivity contribution in [1.29, 1.82) is 0 Å². The van der Waals surface area contributed by atoms with E-state index in [4.69, 9.17) is 0 Å². The average Bonchev–Trinajstić information content (AvgIpc) is 3.16. The second-order valence-electron chi connectivity index (χ2n) is 7.47. The zero-order valence-electron chi connectivity index (χ0n) is 14.9. The van der Waals surface area contributed by atoms with E-state index >= 15 is 0 Å². The van der Waals surface area contributed by atoms with Crippen LogP contribution in [0.15, 0.2) is 0 Å². The first-order valence-corrected chi connectivity index (χ1v) is 10.8. The first kappa shape index (κ1) is 18.8. The van der Waals surface area contributed by atoms with Crippen LogP contribution in [0.1, 0.15) is 57.8 Å². The minimum Gasteiger partial charge on any atom is -0.395 e. The number of rotatable bonds is 8. The number of urea groups is 1. The molecule has 0 aromatic heterocycles. The van der Waals surface area contributed by atoms with Gasteiger partial charge in [0.25, 0.3) is 0 Å². The van der Waals surface area contributed by atoms with Gasteiger partial charge in [-0.2, -0.15) is 11.8 Å². The number of fused-ring (bicyclic) bond motifs is 1. The van der Waals surface area contributed by atoms with Crippen LogP contribution in [0.25, 0.3) is 0 Å². The van der Waals surface area contributed by atoms with Gasteiger partial charge in [-0.3, -0.25) is 4.79 Å². The van der Waals surface area contributed by atoms with E-state index in [-0.39, 0.29) is 30.6 Å². The van der Waals surface area contributed by atoms with Crippen molar-refractivity contribution >= 4 is 23.7 Å². The maximum Gasteiger partial charge on any atom is 0.315 e. The van der Waals surface area contributed by atoms with Crippen LogP contribution < -0.4 is 10.6 Å². The molecule has 0 bridgehead atoms. The summed E-state index contributed by atoms with van der Waals surface area (Å²) in [5, 5.41) is 15.8. The molecular weight excluding hydrogens is 338 g/mol. The molecule has 0 aromatic rings. The van der Waals surface area contributed by atoms with Crippen molar-refractivity contribution < 1.29 is 14.7 Å². The van der Waals surface area contributed by atoms with E-state index in [1.54, 1.807) is 0 Å². The molecule has 3 amide bonds. The van der Waals surface area contributed by atoms with Crippen molar-refractivity contribution in [3.05, 3.63) is 0 Å². The molecule has 6 nitrogen and oxygen atoms in total. The van der Waals surface area contributed by atoms with Crippen LogP contribution >= 0.6 is 11.8 Å². The van der Waals surface area contributed by atoms with Crippen LogP contribution in [-0.4, -0.2) is 64.2 Å². The van der Waals surface area contributed by atoms with Gasteiger partial charge in [0.05, 0.1) is 18.7 Å². The third-order valence-corrected chi connectivity index (χ3v) is 7.25. The predicted molar refractivity (Wildman–Crippen MR) is 99.6 cm³/mol. The number of aliphatic hydroxyl groups excluding tert-OH is 1. The molecule has 2 aliphatic heterocycles. The largest absolute Gasteiger partial charge is 0.395 e. The molecule has 3 aliphatic rings.